The second-order valence-electron chi connectivity index (χ2n) is 4.25. The van der Waals surface area contributed by atoms with Gasteiger partial charge in [-0.3, -0.25) is 0 Å². The molecule has 0 amide bonds. The van der Waals surface area contributed by atoms with Crippen LogP contribution in [0.5, 0.6) is 0 Å². The number of hydrogen-bond acceptors (Lipinski definition) is 2. The average molecular weight is 221 g/mol. The number of benzene rings is 1. The molecule has 2 nitrogen and oxygen atoms in total. The van der Waals surface area contributed by atoms with Gasteiger partial charge in [0.15, 0.2) is 0 Å². The lowest BCUT2D eigenvalue weighted by molar-refractivity contribution is 0.225. The van der Waals surface area contributed by atoms with Gasteiger partial charge in [0.25, 0.3) is 0 Å². The Kier molecular flexibility index (Phi) is 6.12. The Labute approximate surface area is 98.7 Å². The summed E-state index contributed by atoms with van der Waals surface area (Å²) >= 11 is 0. The molecule has 0 saturated heterocycles. The van der Waals surface area contributed by atoms with Crippen LogP contribution in [0.1, 0.15) is 32.3 Å². The lowest BCUT2D eigenvalue weighted by Gasteiger charge is -2.22. The molecule has 1 aromatic rings. The molecule has 0 aliphatic heterocycles. The molecule has 0 aliphatic carbocycles. The third kappa shape index (κ3) is 4.33. The third-order valence-corrected chi connectivity index (χ3v) is 3.00. The highest BCUT2D eigenvalue weighted by atomic mass is 16.3. The number of rotatable bonds is 7. The van der Waals surface area contributed by atoms with E-state index in [0.29, 0.717) is 6.04 Å². The minimum absolute atomic E-state index is 0.224. The second-order valence-corrected chi connectivity index (χ2v) is 4.25. The fraction of sp³-hybridized carbons (Fsp3) is 0.571. The first kappa shape index (κ1) is 13.2. The molecule has 0 radical (unpaired) electrons. The second kappa shape index (κ2) is 7.42. The van der Waals surface area contributed by atoms with E-state index in [1.165, 1.54) is 5.56 Å². The Morgan fingerprint density at radius 1 is 1.06 bits per heavy atom. The molecule has 0 aliphatic rings. The van der Waals surface area contributed by atoms with Crippen molar-refractivity contribution in [3.05, 3.63) is 35.9 Å². The van der Waals surface area contributed by atoms with Crippen molar-refractivity contribution in [3.63, 3.8) is 0 Å². The highest BCUT2D eigenvalue weighted by Crippen LogP contribution is 2.07. The van der Waals surface area contributed by atoms with E-state index in [0.717, 1.165) is 19.3 Å². The molecule has 0 bridgehead atoms. The highest BCUT2D eigenvalue weighted by Gasteiger charge is 2.11. The fourth-order valence-corrected chi connectivity index (χ4v) is 1.85. The van der Waals surface area contributed by atoms with Gasteiger partial charge in [-0.15, -0.1) is 0 Å². The average Bonchev–Trinajstić information content (AvgIpc) is 2.35. The van der Waals surface area contributed by atoms with Crippen LogP contribution in [0.3, 0.4) is 0 Å². The summed E-state index contributed by atoms with van der Waals surface area (Å²) in [7, 11) is 0. The number of hydrogen-bond donors (Lipinski definition) is 2. The van der Waals surface area contributed by atoms with Gasteiger partial charge in [0.2, 0.25) is 0 Å². The predicted molar refractivity (Wildman–Crippen MR) is 68.5 cm³/mol. The van der Waals surface area contributed by atoms with E-state index in [9.17, 15) is 5.11 Å². The van der Waals surface area contributed by atoms with Gasteiger partial charge in [-0.25, -0.2) is 0 Å². The van der Waals surface area contributed by atoms with Crippen LogP contribution >= 0.6 is 0 Å². The van der Waals surface area contributed by atoms with Gasteiger partial charge in [0, 0.05) is 12.1 Å². The summed E-state index contributed by atoms with van der Waals surface area (Å²) in [6.45, 7) is 4.51. The SMILES string of the molecule is CCC(CO)NC(CC)Cc1ccccc1. The first-order chi connectivity index (χ1) is 7.80. The Hall–Kier alpha value is -0.860. The smallest absolute Gasteiger partial charge is 0.0584 e. The van der Waals surface area contributed by atoms with E-state index >= 15 is 0 Å². The maximum Gasteiger partial charge on any atom is 0.0584 e. The quantitative estimate of drug-likeness (QED) is 0.741. The van der Waals surface area contributed by atoms with E-state index in [4.69, 9.17) is 0 Å². The van der Waals surface area contributed by atoms with Crippen LogP contribution in [-0.4, -0.2) is 23.8 Å². The molecule has 0 fully saturated rings. The van der Waals surface area contributed by atoms with Crippen molar-refractivity contribution in [1.29, 1.82) is 0 Å². The molecule has 0 aromatic heterocycles. The molecule has 0 saturated carbocycles. The molecular formula is C14H23NO. The first-order valence-corrected chi connectivity index (χ1v) is 6.21. The van der Waals surface area contributed by atoms with Gasteiger partial charge < -0.3 is 10.4 Å². The van der Waals surface area contributed by atoms with E-state index in [1.807, 2.05) is 6.07 Å². The molecule has 1 aromatic carbocycles. The van der Waals surface area contributed by atoms with Crippen LogP contribution in [0.4, 0.5) is 0 Å². The molecule has 2 N–H and O–H groups in total. The predicted octanol–water partition coefficient (Wildman–Crippen LogP) is 2.37. The van der Waals surface area contributed by atoms with Crippen molar-refractivity contribution < 1.29 is 5.11 Å². The molecule has 0 spiro atoms. The van der Waals surface area contributed by atoms with E-state index in [1.54, 1.807) is 0 Å². The minimum atomic E-state index is 0.224. The van der Waals surface area contributed by atoms with Crippen LogP contribution in [0, 0.1) is 0 Å². The molecule has 0 heterocycles. The molecule has 1 rings (SSSR count). The van der Waals surface area contributed by atoms with Crippen LogP contribution in [0.2, 0.25) is 0 Å². The van der Waals surface area contributed by atoms with Crippen molar-refractivity contribution in [2.45, 2.75) is 45.2 Å². The lowest BCUT2D eigenvalue weighted by Crippen LogP contribution is -2.41. The Bertz CT molecular complexity index is 269. The monoisotopic (exact) mass is 221 g/mol. The van der Waals surface area contributed by atoms with Crippen molar-refractivity contribution in [2.24, 2.45) is 0 Å². The summed E-state index contributed by atoms with van der Waals surface area (Å²) in [6, 6.07) is 11.2. The zero-order valence-corrected chi connectivity index (χ0v) is 10.3. The van der Waals surface area contributed by atoms with Crippen LogP contribution in [-0.2, 0) is 6.42 Å². The molecule has 2 unspecified atom stereocenters. The van der Waals surface area contributed by atoms with Crippen LogP contribution in [0.15, 0.2) is 30.3 Å². The molecule has 2 atom stereocenters. The molecule has 16 heavy (non-hydrogen) atoms. The van der Waals surface area contributed by atoms with Gasteiger partial charge in [0.05, 0.1) is 6.61 Å². The zero-order chi connectivity index (χ0) is 11.8. The van der Waals surface area contributed by atoms with Gasteiger partial charge in [-0.1, -0.05) is 44.2 Å². The zero-order valence-electron chi connectivity index (χ0n) is 10.3. The van der Waals surface area contributed by atoms with Gasteiger partial charge >= 0.3 is 0 Å². The Morgan fingerprint density at radius 2 is 1.69 bits per heavy atom. The Balaban J connectivity index is 2.49. The minimum Gasteiger partial charge on any atom is -0.395 e. The summed E-state index contributed by atoms with van der Waals surface area (Å²) < 4.78 is 0. The largest absolute Gasteiger partial charge is 0.395 e. The maximum absolute atomic E-state index is 9.17. The summed E-state index contributed by atoms with van der Waals surface area (Å²) in [5.74, 6) is 0. The van der Waals surface area contributed by atoms with Gasteiger partial charge in [0.1, 0.15) is 0 Å². The van der Waals surface area contributed by atoms with Gasteiger partial charge in [-0.05, 0) is 24.8 Å². The van der Waals surface area contributed by atoms with E-state index in [-0.39, 0.29) is 12.6 Å². The van der Waals surface area contributed by atoms with Crippen molar-refractivity contribution in [1.82, 2.24) is 5.32 Å². The summed E-state index contributed by atoms with van der Waals surface area (Å²) in [5, 5.41) is 12.7. The number of aliphatic hydroxyl groups is 1. The topological polar surface area (TPSA) is 32.3 Å². The van der Waals surface area contributed by atoms with Crippen molar-refractivity contribution >= 4 is 0 Å². The molecule has 90 valence electrons. The first-order valence-electron chi connectivity index (χ1n) is 6.21. The van der Waals surface area contributed by atoms with E-state index in [2.05, 4.69) is 43.4 Å². The van der Waals surface area contributed by atoms with Crippen molar-refractivity contribution in [2.75, 3.05) is 6.61 Å². The highest BCUT2D eigenvalue weighted by molar-refractivity contribution is 5.15. The maximum atomic E-state index is 9.17. The molecule has 2 heteroatoms. The van der Waals surface area contributed by atoms with E-state index < -0.39 is 0 Å². The fourth-order valence-electron chi connectivity index (χ4n) is 1.85. The standard InChI is InChI=1S/C14H23NO/c1-3-13(15-14(4-2)11-16)10-12-8-6-5-7-9-12/h5-9,13-16H,3-4,10-11H2,1-2H3. The number of nitrogens with one attached hydrogen (secondary N) is 1. The Morgan fingerprint density at radius 3 is 2.19 bits per heavy atom. The normalized spacial score (nSPS) is 14.7. The summed E-state index contributed by atoms with van der Waals surface area (Å²) in [6.07, 6.45) is 3.10. The van der Waals surface area contributed by atoms with Crippen LogP contribution < -0.4 is 5.32 Å². The number of aliphatic hydroxyl groups excluding tert-OH is 1. The van der Waals surface area contributed by atoms with Crippen molar-refractivity contribution in [3.8, 4) is 0 Å². The molecular weight excluding hydrogens is 198 g/mol. The lowest BCUT2D eigenvalue weighted by atomic mass is 10.0. The van der Waals surface area contributed by atoms with Gasteiger partial charge in [-0.2, -0.15) is 0 Å². The van der Waals surface area contributed by atoms with Crippen LogP contribution in [0.25, 0.3) is 0 Å². The summed E-state index contributed by atoms with van der Waals surface area (Å²) in [4.78, 5) is 0. The third-order valence-electron chi connectivity index (χ3n) is 3.00. The summed E-state index contributed by atoms with van der Waals surface area (Å²) in [5.41, 5.74) is 1.36.